The summed E-state index contributed by atoms with van der Waals surface area (Å²) in [6, 6.07) is 63.6. The summed E-state index contributed by atoms with van der Waals surface area (Å²) in [4.78, 5) is 0. The van der Waals surface area contributed by atoms with Crippen LogP contribution in [0.3, 0.4) is 0 Å². The predicted molar refractivity (Wildman–Crippen MR) is 214 cm³/mol. The maximum Gasteiger partial charge on any atom is 0.0547 e. The Labute approximate surface area is 298 Å². The summed E-state index contributed by atoms with van der Waals surface area (Å²) in [5, 5.41) is 5.10. The zero-order valence-corrected chi connectivity index (χ0v) is 28.7. The maximum atomic E-state index is 2.51. The van der Waals surface area contributed by atoms with E-state index in [-0.39, 0.29) is 11.3 Å². The summed E-state index contributed by atoms with van der Waals surface area (Å²) >= 11 is 0. The van der Waals surface area contributed by atoms with Gasteiger partial charge in [0.15, 0.2) is 0 Å². The molecule has 0 radical (unpaired) electrons. The molecule has 51 heavy (non-hydrogen) atoms. The molecule has 1 aromatic heterocycles. The molecule has 0 bridgehead atoms. The van der Waals surface area contributed by atoms with Crippen LogP contribution in [0.25, 0.3) is 71.6 Å². The van der Waals surface area contributed by atoms with E-state index in [0.29, 0.717) is 0 Å². The first-order valence-electron chi connectivity index (χ1n) is 18.1. The molecule has 1 heterocycles. The quantitative estimate of drug-likeness (QED) is 0.179. The van der Waals surface area contributed by atoms with Crippen molar-refractivity contribution in [1.29, 1.82) is 0 Å². The van der Waals surface area contributed by atoms with Crippen molar-refractivity contribution in [3.05, 3.63) is 198 Å². The van der Waals surface area contributed by atoms with E-state index in [0.717, 1.165) is 0 Å². The van der Waals surface area contributed by atoms with Crippen molar-refractivity contribution in [2.75, 3.05) is 0 Å². The highest BCUT2D eigenvalue weighted by molar-refractivity contribution is 6.13. The molecular formula is C50H35N. The maximum absolute atomic E-state index is 2.51. The van der Waals surface area contributed by atoms with Crippen molar-refractivity contribution >= 4 is 32.6 Å². The van der Waals surface area contributed by atoms with E-state index >= 15 is 0 Å². The van der Waals surface area contributed by atoms with Gasteiger partial charge in [-0.2, -0.15) is 0 Å². The third kappa shape index (κ3) is 3.98. The first-order chi connectivity index (χ1) is 25.1. The van der Waals surface area contributed by atoms with Crippen LogP contribution in [0, 0.1) is 0 Å². The Morgan fingerprint density at radius 1 is 0.431 bits per heavy atom. The van der Waals surface area contributed by atoms with Crippen LogP contribution in [0.4, 0.5) is 0 Å². The molecule has 8 aromatic carbocycles. The number of hydrogen-bond donors (Lipinski definition) is 0. The fraction of sp³-hybridized carbons (Fsp3) is 0.0800. The normalized spacial score (nSPS) is 15.2. The Morgan fingerprint density at radius 2 is 1.12 bits per heavy atom. The van der Waals surface area contributed by atoms with Gasteiger partial charge < -0.3 is 4.57 Å². The van der Waals surface area contributed by atoms with Crippen molar-refractivity contribution in [3.8, 4) is 39.1 Å². The summed E-state index contributed by atoms with van der Waals surface area (Å²) in [5.41, 5.74) is 18.4. The van der Waals surface area contributed by atoms with Crippen molar-refractivity contribution < 1.29 is 0 Å². The van der Waals surface area contributed by atoms with Gasteiger partial charge in [-0.05, 0) is 103 Å². The van der Waals surface area contributed by atoms with Crippen molar-refractivity contribution in [2.45, 2.75) is 25.2 Å². The van der Waals surface area contributed by atoms with Gasteiger partial charge in [0.2, 0.25) is 0 Å². The summed E-state index contributed by atoms with van der Waals surface area (Å²) in [6.45, 7) is 4.76. The van der Waals surface area contributed by atoms with E-state index in [2.05, 4.69) is 188 Å². The molecule has 0 amide bonds. The highest BCUT2D eigenvalue weighted by Crippen LogP contribution is 2.52. The number of fused-ring (bicyclic) bond motifs is 10. The molecule has 0 aliphatic heterocycles. The minimum absolute atomic E-state index is 0.0751. The van der Waals surface area contributed by atoms with Gasteiger partial charge in [0, 0.05) is 27.5 Å². The zero-order chi connectivity index (χ0) is 33.8. The Bertz CT molecular complexity index is 2880. The van der Waals surface area contributed by atoms with Gasteiger partial charge in [-0.1, -0.05) is 147 Å². The van der Waals surface area contributed by atoms with Crippen LogP contribution in [0.5, 0.6) is 0 Å². The second kappa shape index (κ2) is 10.4. The largest absolute Gasteiger partial charge is 0.309 e. The van der Waals surface area contributed by atoms with Crippen LogP contribution in [-0.2, 0) is 5.41 Å². The van der Waals surface area contributed by atoms with Gasteiger partial charge in [0.1, 0.15) is 0 Å². The van der Waals surface area contributed by atoms with Gasteiger partial charge >= 0.3 is 0 Å². The molecule has 1 nitrogen and oxygen atoms in total. The molecule has 9 aromatic rings. The molecule has 2 aliphatic carbocycles. The molecule has 0 fully saturated rings. The molecular weight excluding hydrogens is 615 g/mol. The number of aromatic nitrogens is 1. The van der Waals surface area contributed by atoms with Gasteiger partial charge in [-0.3, -0.25) is 0 Å². The fourth-order valence-electron chi connectivity index (χ4n) is 9.44. The third-order valence-corrected chi connectivity index (χ3v) is 11.9. The lowest BCUT2D eigenvalue weighted by Crippen LogP contribution is -2.14. The first-order valence-corrected chi connectivity index (χ1v) is 18.1. The third-order valence-electron chi connectivity index (χ3n) is 11.9. The minimum Gasteiger partial charge on any atom is -0.309 e. The van der Waals surface area contributed by atoms with E-state index in [1.54, 1.807) is 0 Å². The Hall–Kier alpha value is -6.18. The summed E-state index contributed by atoms with van der Waals surface area (Å²) in [7, 11) is 0. The number of hydrogen-bond acceptors (Lipinski definition) is 0. The lowest BCUT2D eigenvalue weighted by atomic mass is 9.82. The van der Waals surface area contributed by atoms with E-state index < -0.39 is 0 Å². The highest BCUT2D eigenvalue weighted by Gasteiger charge is 2.36. The van der Waals surface area contributed by atoms with Gasteiger partial charge in [-0.25, -0.2) is 0 Å². The van der Waals surface area contributed by atoms with Gasteiger partial charge in [0.25, 0.3) is 0 Å². The minimum atomic E-state index is -0.0751. The standard InChI is InChI=1S/C50H35N/c1-50(2)44-21-11-10-19-37(44)41-30-48-43(29-45(41)50)42-28-34(24-26-47(42)51(48)46-22-12-16-31-13-6-7-17-35(31)46)33-23-25-39-40(27-33)36-18-8-9-20-38(36)49(39)32-14-4-3-5-15-32/h3-30,49H,1-2H3. The molecule has 0 saturated carbocycles. The van der Waals surface area contributed by atoms with Crippen molar-refractivity contribution in [2.24, 2.45) is 0 Å². The molecule has 2 aliphatic rings. The average Bonchev–Trinajstić information content (AvgIpc) is 3.76. The molecule has 1 atom stereocenters. The predicted octanol–water partition coefficient (Wildman–Crippen LogP) is 13.1. The zero-order valence-electron chi connectivity index (χ0n) is 28.7. The molecule has 1 unspecified atom stereocenters. The lowest BCUT2D eigenvalue weighted by molar-refractivity contribution is 0.661. The van der Waals surface area contributed by atoms with Gasteiger partial charge in [-0.15, -0.1) is 0 Å². The van der Waals surface area contributed by atoms with Crippen LogP contribution in [0.15, 0.2) is 170 Å². The number of rotatable bonds is 3. The van der Waals surface area contributed by atoms with Crippen LogP contribution in [0.1, 0.15) is 47.6 Å². The van der Waals surface area contributed by atoms with E-state index in [9.17, 15) is 0 Å². The molecule has 11 rings (SSSR count). The SMILES string of the molecule is CC1(C)c2ccccc2-c2cc3c(cc21)c1cc(-c2ccc4c(c2)-c2ccccc2C4c2ccccc2)ccc1n3-c1cccc2ccccc12. The van der Waals surface area contributed by atoms with E-state index in [4.69, 9.17) is 0 Å². The molecule has 0 saturated heterocycles. The fourth-order valence-corrected chi connectivity index (χ4v) is 9.44. The van der Waals surface area contributed by atoms with Crippen molar-refractivity contribution in [3.63, 3.8) is 0 Å². The summed E-state index contributed by atoms with van der Waals surface area (Å²) in [5.74, 6) is 0.252. The van der Waals surface area contributed by atoms with Crippen LogP contribution in [-0.4, -0.2) is 4.57 Å². The number of nitrogens with zero attached hydrogens (tertiary/aromatic N) is 1. The lowest BCUT2D eigenvalue weighted by Gasteiger charge is -2.21. The smallest absolute Gasteiger partial charge is 0.0547 e. The first kappa shape index (κ1) is 28.6. The van der Waals surface area contributed by atoms with Crippen LogP contribution < -0.4 is 0 Å². The Balaban J connectivity index is 1.16. The molecule has 0 N–H and O–H groups in total. The van der Waals surface area contributed by atoms with Crippen LogP contribution in [0.2, 0.25) is 0 Å². The molecule has 240 valence electrons. The Kier molecular flexibility index (Phi) is 5.85. The topological polar surface area (TPSA) is 4.93 Å². The number of benzene rings is 8. The Morgan fingerprint density at radius 3 is 2.02 bits per heavy atom. The van der Waals surface area contributed by atoms with E-state index in [1.165, 1.54) is 99.5 Å². The molecule has 1 heteroatoms. The monoisotopic (exact) mass is 649 g/mol. The molecule has 0 spiro atoms. The highest BCUT2D eigenvalue weighted by atomic mass is 15.0. The van der Waals surface area contributed by atoms with Crippen molar-refractivity contribution in [1.82, 2.24) is 4.57 Å². The average molecular weight is 650 g/mol. The second-order valence-corrected chi connectivity index (χ2v) is 14.9. The van der Waals surface area contributed by atoms with Gasteiger partial charge in [0.05, 0.1) is 16.7 Å². The second-order valence-electron chi connectivity index (χ2n) is 14.9. The summed E-state index contributed by atoms with van der Waals surface area (Å²) < 4.78 is 2.51. The summed E-state index contributed by atoms with van der Waals surface area (Å²) in [6.07, 6.45) is 0. The van der Waals surface area contributed by atoms with Crippen LogP contribution >= 0.6 is 0 Å². The van der Waals surface area contributed by atoms with E-state index in [1.807, 2.05) is 0 Å².